The Morgan fingerprint density at radius 3 is 2.57 bits per heavy atom. The summed E-state index contributed by atoms with van der Waals surface area (Å²) in [5, 5.41) is 0. The summed E-state index contributed by atoms with van der Waals surface area (Å²) in [7, 11) is 1.35. The van der Waals surface area contributed by atoms with Crippen LogP contribution in [0.2, 0.25) is 0 Å². The van der Waals surface area contributed by atoms with Crippen LogP contribution in [0.25, 0.3) is 0 Å². The van der Waals surface area contributed by atoms with Crippen molar-refractivity contribution in [1.82, 2.24) is 4.90 Å². The molecule has 2 aliphatic rings. The zero-order chi connectivity index (χ0) is 15.6. The first-order chi connectivity index (χ1) is 10.1. The van der Waals surface area contributed by atoms with Gasteiger partial charge in [-0.05, 0) is 31.4 Å². The lowest BCUT2D eigenvalue weighted by Gasteiger charge is -2.34. The van der Waals surface area contributed by atoms with Crippen LogP contribution in [0.5, 0.6) is 0 Å². The van der Waals surface area contributed by atoms with Gasteiger partial charge in [-0.3, -0.25) is 9.59 Å². The fourth-order valence-corrected chi connectivity index (χ4v) is 2.90. The minimum atomic E-state index is -0.361. The molecule has 0 bridgehead atoms. The van der Waals surface area contributed by atoms with E-state index < -0.39 is 0 Å². The standard InChI is InChI=1S/C15H17NO3.C2H6/c1-10-3-4-11-12(7-10)15(5-6-15)9-16(14(11)18)8-13(17)19-2;1-2/h3-4,7H,5-6,8-9H2,1-2H3;1-2H3. The molecule has 1 heterocycles. The number of hydrogen-bond donors (Lipinski definition) is 0. The van der Waals surface area contributed by atoms with Crippen LogP contribution in [-0.2, 0) is 14.9 Å². The average Bonchev–Trinajstić information content (AvgIpc) is 3.27. The summed E-state index contributed by atoms with van der Waals surface area (Å²) < 4.78 is 4.66. The largest absolute Gasteiger partial charge is 0.468 e. The Hall–Kier alpha value is -1.84. The smallest absolute Gasteiger partial charge is 0.325 e. The summed E-state index contributed by atoms with van der Waals surface area (Å²) in [6.45, 7) is 6.73. The topological polar surface area (TPSA) is 46.6 Å². The van der Waals surface area contributed by atoms with Gasteiger partial charge in [0.05, 0.1) is 7.11 Å². The van der Waals surface area contributed by atoms with Crippen LogP contribution in [0.15, 0.2) is 18.2 Å². The molecule has 1 saturated carbocycles. The van der Waals surface area contributed by atoms with Crippen LogP contribution in [0, 0.1) is 6.92 Å². The third-order valence-corrected chi connectivity index (χ3v) is 4.16. The lowest BCUT2D eigenvalue weighted by molar-refractivity contribution is -0.141. The number of aryl methyl sites for hydroxylation is 1. The van der Waals surface area contributed by atoms with E-state index in [4.69, 9.17) is 0 Å². The molecule has 21 heavy (non-hydrogen) atoms. The molecule has 0 N–H and O–H groups in total. The molecule has 0 radical (unpaired) electrons. The second-order valence-corrected chi connectivity index (χ2v) is 5.57. The first-order valence-corrected chi connectivity index (χ1v) is 7.53. The molecule has 0 saturated heterocycles. The third-order valence-electron chi connectivity index (χ3n) is 4.16. The summed E-state index contributed by atoms with van der Waals surface area (Å²) >= 11 is 0. The Bertz CT molecular complexity index is 561. The van der Waals surface area contributed by atoms with Crippen molar-refractivity contribution in [2.45, 2.75) is 39.0 Å². The minimum Gasteiger partial charge on any atom is -0.468 e. The molecule has 1 amide bonds. The van der Waals surface area contributed by atoms with E-state index in [1.165, 1.54) is 18.2 Å². The Kier molecular flexibility index (Phi) is 4.35. The van der Waals surface area contributed by atoms with Crippen LogP contribution in [0.4, 0.5) is 0 Å². The zero-order valence-electron chi connectivity index (χ0n) is 13.2. The van der Waals surface area contributed by atoms with Crippen molar-refractivity contribution < 1.29 is 14.3 Å². The van der Waals surface area contributed by atoms with Gasteiger partial charge in [-0.2, -0.15) is 0 Å². The van der Waals surface area contributed by atoms with E-state index in [1.807, 2.05) is 32.9 Å². The Balaban J connectivity index is 0.000000774. The van der Waals surface area contributed by atoms with Gasteiger partial charge < -0.3 is 9.64 Å². The number of rotatable bonds is 2. The lowest BCUT2D eigenvalue weighted by atomic mass is 9.85. The highest BCUT2D eigenvalue weighted by molar-refractivity contribution is 5.99. The molecule has 114 valence electrons. The van der Waals surface area contributed by atoms with Crippen molar-refractivity contribution in [1.29, 1.82) is 0 Å². The van der Waals surface area contributed by atoms with E-state index in [1.54, 1.807) is 4.90 Å². The molecule has 0 atom stereocenters. The first-order valence-electron chi connectivity index (χ1n) is 7.53. The number of carbonyl (C=O) groups is 2. The maximum absolute atomic E-state index is 12.4. The van der Waals surface area contributed by atoms with Crippen molar-refractivity contribution in [2.75, 3.05) is 20.2 Å². The van der Waals surface area contributed by atoms with E-state index in [9.17, 15) is 9.59 Å². The van der Waals surface area contributed by atoms with Gasteiger partial charge in [-0.15, -0.1) is 0 Å². The molecule has 3 rings (SSSR count). The van der Waals surface area contributed by atoms with Gasteiger partial charge in [0, 0.05) is 17.5 Å². The number of nitrogens with zero attached hydrogens (tertiary/aromatic N) is 1. The number of amides is 1. The number of hydrogen-bond acceptors (Lipinski definition) is 3. The van der Waals surface area contributed by atoms with Gasteiger partial charge >= 0.3 is 5.97 Å². The third kappa shape index (κ3) is 2.80. The molecular weight excluding hydrogens is 266 g/mol. The van der Waals surface area contributed by atoms with Gasteiger partial charge in [0.1, 0.15) is 6.54 Å². The first kappa shape index (κ1) is 15.5. The highest BCUT2D eigenvalue weighted by Gasteiger charge is 2.51. The fourth-order valence-electron chi connectivity index (χ4n) is 2.90. The molecule has 4 nitrogen and oxygen atoms in total. The van der Waals surface area contributed by atoms with Gasteiger partial charge in [-0.25, -0.2) is 0 Å². The van der Waals surface area contributed by atoms with Crippen LogP contribution < -0.4 is 0 Å². The maximum Gasteiger partial charge on any atom is 0.325 e. The van der Waals surface area contributed by atoms with Crippen molar-refractivity contribution in [3.63, 3.8) is 0 Å². The van der Waals surface area contributed by atoms with Crippen LogP contribution in [0.1, 0.15) is 48.2 Å². The average molecular weight is 289 g/mol. The van der Waals surface area contributed by atoms with E-state index in [0.717, 1.165) is 18.4 Å². The van der Waals surface area contributed by atoms with E-state index in [-0.39, 0.29) is 23.8 Å². The molecule has 0 unspecified atom stereocenters. The maximum atomic E-state index is 12.4. The number of carbonyl (C=O) groups excluding carboxylic acids is 2. The number of methoxy groups -OCH3 is 1. The highest BCUT2D eigenvalue weighted by atomic mass is 16.5. The van der Waals surface area contributed by atoms with Crippen molar-refractivity contribution >= 4 is 11.9 Å². The summed E-state index contributed by atoms with van der Waals surface area (Å²) in [5.74, 6) is -0.419. The molecule has 1 fully saturated rings. The monoisotopic (exact) mass is 289 g/mol. The van der Waals surface area contributed by atoms with Crippen molar-refractivity contribution in [2.24, 2.45) is 0 Å². The number of esters is 1. The van der Waals surface area contributed by atoms with Crippen LogP contribution >= 0.6 is 0 Å². The molecule has 1 spiro atoms. The summed E-state index contributed by atoms with van der Waals surface area (Å²) in [5.41, 5.74) is 3.18. The summed E-state index contributed by atoms with van der Waals surface area (Å²) in [6.07, 6.45) is 2.18. The van der Waals surface area contributed by atoms with E-state index in [2.05, 4.69) is 10.8 Å². The van der Waals surface area contributed by atoms with E-state index in [0.29, 0.717) is 6.54 Å². The number of fused-ring (bicyclic) bond motifs is 2. The molecule has 4 heteroatoms. The normalized spacial score (nSPS) is 17.7. The molecule has 1 aromatic rings. The predicted molar refractivity (Wildman–Crippen MR) is 81.4 cm³/mol. The SMILES string of the molecule is CC.COC(=O)CN1CC2(CC2)c2cc(C)ccc2C1=O. The highest BCUT2D eigenvalue weighted by Crippen LogP contribution is 2.52. The van der Waals surface area contributed by atoms with Crippen LogP contribution in [0.3, 0.4) is 0 Å². The lowest BCUT2D eigenvalue weighted by Crippen LogP contribution is -2.46. The van der Waals surface area contributed by atoms with Gasteiger partial charge in [0.2, 0.25) is 0 Å². The fraction of sp³-hybridized carbons (Fsp3) is 0.529. The van der Waals surface area contributed by atoms with E-state index >= 15 is 0 Å². The number of ether oxygens (including phenoxy) is 1. The Labute approximate surface area is 126 Å². The molecule has 0 aromatic heterocycles. The van der Waals surface area contributed by atoms with Gasteiger partial charge in [0.25, 0.3) is 5.91 Å². The Morgan fingerprint density at radius 1 is 1.33 bits per heavy atom. The minimum absolute atomic E-state index is 0.0460. The summed E-state index contributed by atoms with van der Waals surface area (Å²) in [6, 6.07) is 5.96. The quantitative estimate of drug-likeness (QED) is 0.786. The van der Waals surface area contributed by atoms with Crippen LogP contribution in [-0.4, -0.2) is 37.0 Å². The Morgan fingerprint density at radius 2 is 2.00 bits per heavy atom. The number of benzene rings is 1. The van der Waals surface area contributed by atoms with Crippen molar-refractivity contribution in [3.8, 4) is 0 Å². The second-order valence-electron chi connectivity index (χ2n) is 5.57. The van der Waals surface area contributed by atoms with Gasteiger partial charge in [-0.1, -0.05) is 31.5 Å². The molecule has 1 aromatic carbocycles. The van der Waals surface area contributed by atoms with Gasteiger partial charge in [0.15, 0.2) is 0 Å². The van der Waals surface area contributed by atoms with Crippen molar-refractivity contribution in [3.05, 3.63) is 34.9 Å². The predicted octanol–water partition coefficient (Wildman–Crippen LogP) is 2.68. The second kappa shape index (κ2) is 5.88. The summed E-state index contributed by atoms with van der Waals surface area (Å²) in [4.78, 5) is 25.4. The molecule has 1 aliphatic heterocycles. The zero-order valence-corrected chi connectivity index (χ0v) is 13.2. The molecule has 1 aliphatic carbocycles. The molecular formula is C17H23NO3.